The first-order chi connectivity index (χ1) is 7.54. The zero-order valence-electron chi connectivity index (χ0n) is 8.74. The largest absolute Gasteiger partial charge is 0.379 e. The van der Waals surface area contributed by atoms with Crippen molar-refractivity contribution < 1.29 is 9.31 Å². The highest BCUT2D eigenvalue weighted by Crippen LogP contribution is 2.21. The van der Waals surface area contributed by atoms with E-state index < -0.39 is 10.7 Å². The van der Waals surface area contributed by atoms with Gasteiger partial charge in [-0.25, -0.2) is 4.39 Å². The third-order valence-electron chi connectivity index (χ3n) is 1.99. The minimum Gasteiger partial charge on any atom is -0.379 e. The molecule has 1 N–H and O–H groups in total. The summed E-state index contributed by atoms with van der Waals surface area (Å²) in [5.41, 5.74) is -0.0546. The number of nitro benzene ring substituents is 1. The Kier molecular flexibility index (Phi) is 3.84. The van der Waals surface area contributed by atoms with E-state index in [0.717, 1.165) is 6.07 Å². The fourth-order valence-corrected chi connectivity index (χ4v) is 1.23. The molecule has 0 aliphatic carbocycles. The fraction of sp³-hybridized carbons (Fsp3) is 0.273. The summed E-state index contributed by atoms with van der Waals surface area (Å²) in [6.45, 7) is 1.81. The summed E-state index contributed by atoms with van der Waals surface area (Å²) in [4.78, 5) is 9.74. The molecule has 0 amide bonds. The van der Waals surface area contributed by atoms with Crippen molar-refractivity contribution in [3.8, 4) is 12.3 Å². The first kappa shape index (κ1) is 12.0. The molecule has 0 aromatic heterocycles. The Morgan fingerprint density at radius 2 is 2.38 bits per heavy atom. The minimum absolute atomic E-state index is 0.0824. The third-order valence-corrected chi connectivity index (χ3v) is 1.99. The van der Waals surface area contributed by atoms with Gasteiger partial charge in [0, 0.05) is 18.5 Å². The van der Waals surface area contributed by atoms with Crippen molar-refractivity contribution in [2.45, 2.75) is 19.4 Å². The van der Waals surface area contributed by atoms with Gasteiger partial charge >= 0.3 is 0 Å². The van der Waals surface area contributed by atoms with Gasteiger partial charge in [0.1, 0.15) is 0 Å². The molecule has 4 nitrogen and oxygen atoms in total. The molecular weight excluding hydrogens is 211 g/mol. The maximum atomic E-state index is 13.4. The van der Waals surface area contributed by atoms with E-state index in [2.05, 4.69) is 11.2 Å². The average Bonchev–Trinajstić information content (AvgIpc) is 2.21. The van der Waals surface area contributed by atoms with Crippen molar-refractivity contribution >= 4 is 11.4 Å². The van der Waals surface area contributed by atoms with Crippen LogP contribution in [0.25, 0.3) is 0 Å². The highest BCUT2D eigenvalue weighted by Gasteiger charge is 2.11. The summed E-state index contributed by atoms with van der Waals surface area (Å²) in [6.07, 6.45) is 5.57. The van der Waals surface area contributed by atoms with Crippen LogP contribution in [-0.2, 0) is 0 Å². The number of hydrogen-bond donors (Lipinski definition) is 1. The Labute approximate surface area is 92.6 Å². The van der Waals surface area contributed by atoms with Crippen LogP contribution in [0, 0.1) is 28.3 Å². The van der Waals surface area contributed by atoms with Gasteiger partial charge in [-0.1, -0.05) is 0 Å². The van der Waals surface area contributed by atoms with Crippen LogP contribution in [0.4, 0.5) is 15.8 Å². The van der Waals surface area contributed by atoms with Crippen molar-refractivity contribution in [2.24, 2.45) is 0 Å². The van der Waals surface area contributed by atoms with Gasteiger partial charge in [0.25, 0.3) is 5.69 Å². The van der Waals surface area contributed by atoms with Gasteiger partial charge < -0.3 is 5.32 Å². The molecular formula is C11H11FN2O2. The second kappa shape index (κ2) is 5.12. The zero-order chi connectivity index (χ0) is 12.1. The number of nitro groups is 1. The molecule has 84 valence electrons. The predicted octanol–water partition coefficient (Wildman–Crippen LogP) is 2.56. The Morgan fingerprint density at radius 1 is 1.69 bits per heavy atom. The van der Waals surface area contributed by atoms with Crippen LogP contribution >= 0.6 is 0 Å². The molecule has 0 spiro atoms. The van der Waals surface area contributed by atoms with Gasteiger partial charge in [0.15, 0.2) is 5.82 Å². The number of rotatable bonds is 4. The van der Waals surface area contributed by atoms with Crippen LogP contribution in [0.15, 0.2) is 18.2 Å². The zero-order valence-corrected chi connectivity index (χ0v) is 8.74. The summed E-state index contributed by atoms with van der Waals surface area (Å²) >= 11 is 0. The smallest absolute Gasteiger partial charge is 0.272 e. The maximum absolute atomic E-state index is 13.4. The summed E-state index contributed by atoms with van der Waals surface area (Å²) < 4.78 is 13.4. The van der Waals surface area contributed by atoms with E-state index >= 15 is 0 Å². The van der Waals surface area contributed by atoms with Crippen molar-refractivity contribution in [2.75, 3.05) is 5.32 Å². The van der Waals surface area contributed by atoms with Gasteiger partial charge in [-0.05, 0) is 13.0 Å². The van der Waals surface area contributed by atoms with Crippen LogP contribution in [0.2, 0.25) is 0 Å². The van der Waals surface area contributed by atoms with Crippen LogP contribution in [0.1, 0.15) is 13.3 Å². The number of nitrogens with one attached hydrogen (secondary N) is 1. The molecule has 0 saturated carbocycles. The molecule has 0 radical (unpaired) electrons. The van der Waals surface area contributed by atoms with Crippen LogP contribution in [0.5, 0.6) is 0 Å². The fourth-order valence-electron chi connectivity index (χ4n) is 1.23. The van der Waals surface area contributed by atoms with Gasteiger partial charge in [-0.15, -0.1) is 12.3 Å². The number of terminal acetylenes is 1. The van der Waals surface area contributed by atoms with Crippen molar-refractivity contribution in [1.29, 1.82) is 0 Å². The molecule has 0 heterocycles. The summed E-state index contributed by atoms with van der Waals surface area (Å²) in [5, 5.41) is 13.2. The summed E-state index contributed by atoms with van der Waals surface area (Å²) in [7, 11) is 0. The maximum Gasteiger partial charge on any atom is 0.272 e. The average molecular weight is 222 g/mol. The molecule has 0 aliphatic rings. The molecule has 0 bridgehead atoms. The lowest BCUT2D eigenvalue weighted by atomic mass is 10.2. The molecule has 1 aromatic carbocycles. The molecule has 1 unspecified atom stereocenters. The van der Waals surface area contributed by atoms with Gasteiger partial charge in [0.2, 0.25) is 0 Å². The van der Waals surface area contributed by atoms with Crippen LogP contribution in [-0.4, -0.2) is 11.0 Å². The van der Waals surface area contributed by atoms with E-state index in [4.69, 9.17) is 6.42 Å². The number of non-ortho nitro benzene ring substituents is 1. The summed E-state index contributed by atoms with van der Waals surface area (Å²) in [5.74, 6) is 1.79. The first-order valence-electron chi connectivity index (χ1n) is 4.68. The lowest BCUT2D eigenvalue weighted by Crippen LogP contribution is -2.15. The topological polar surface area (TPSA) is 55.2 Å². The van der Waals surface area contributed by atoms with Crippen LogP contribution in [0.3, 0.4) is 0 Å². The predicted molar refractivity (Wildman–Crippen MR) is 59.6 cm³/mol. The van der Waals surface area contributed by atoms with Gasteiger partial charge in [0.05, 0.1) is 16.7 Å². The Balaban J connectivity index is 2.84. The van der Waals surface area contributed by atoms with E-state index in [1.165, 1.54) is 12.1 Å². The monoisotopic (exact) mass is 222 g/mol. The number of nitrogens with zero attached hydrogens (tertiary/aromatic N) is 1. The summed E-state index contributed by atoms with van der Waals surface area (Å²) in [6, 6.07) is 3.38. The highest BCUT2D eigenvalue weighted by atomic mass is 19.1. The second-order valence-corrected chi connectivity index (χ2v) is 3.37. The highest BCUT2D eigenvalue weighted by molar-refractivity contribution is 5.50. The molecule has 0 fully saturated rings. The normalized spacial score (nSPS) is 11.6. The van der Waals surface area contributed by atoms with E-state index in [1.807, 2.05) is 0 Å². The van der Waals surface area contributed by atoms with Crippen molar-refractivity contribution in [1.82, 2.24) is 0 Å². The standard InChI is InChI=1S/C11H11FN2O2/c1-3-4-8(2)13-11-6-5-9(14(15)16)7-10(11)12/h1,5-8,13H,4H2,2H3. The van der Waals surface area contributed by atoms with E-state index in [0.29, 0.717) is 6.42 Å². The molecule has 1 atom stereocenters. The van der Waals surface area contributed by atoms with E-state index in [9.17, 15) is 14.5 Å². The van der Waals surface area contributed by atoms with Crippen LogP contribution < -0.4 is 5.32 Å². The Hall–Kier alpha value is -2.09. The van der Waals surface area contributed by atoms with Crippen molar-refractivity contribution in [3.63, 3.8) is 0 Å². The second-order valence-electron chi connectivity index (χ2n) is 3.37. The molecule has 0 aliphatic heterocycles. The number of halogens is 1. The quantitative estimate of drug-likeness (QED) is 0.484. The third kappa shape index (κ3) is 2.95. The molecule has 1 aromatic rings. The van der Waals surface area contributed by atoms with E-state index in [-0.39, 0.29) is 17.4 Å². The minimum atomic E-state index is -0.655. The van der Waals surface area contributed by atoms with E-state index in [1.54, 1.807) is 6.92 Å². The SMILES string of the molecule is C#CCC(C)Nc1ccc([N+](=O)[O-])cc1F. The van der Waals surface area contributed by atoms with Gasteiger partial charge in [-0.2, -0.15) is 0 Å². The molecule has 5 heteroatoms. The lowest BCUT2D eigenvalue weighted by molar-refractivity contribution is -0.385. The number of benzene rings is 1. The number of anilines is 1. The first-order valence-corrected chi connectivity index (χ1v) is 4.68. The van der Waals surface area contributed by atoms with Crippen molar-refractivity contribution in [3.05, 3.63) is 34.1 Å². The molecule has 0 saturated heterocycles. The lowest BCUT2D eigenvalue weighted by Gasteiger charge is -2.12. The Morgan fingerprint density at radius 3 is 2.88 bits per heavy atom. The van der Waals surface area contributed by atoms with Gasteiger partial charge in [-0.3, -0.25) is 10.1 Å². The Bertz CT molecular complexity index is 440. The molecule has 1 rings (SSSR count). The number of hydrogen-bond acceptors (Lipinski definition) is 3. The molecule has 16 heavy (non-hydrogen) atoms.